The van der Waals surface area contributed by atoms with Gasteiger partial charge >= 0.3 is 0 Å². The fraction of sp³-hybridized carbons (Fsp3) is 0.375. The molecule has 1 unspecified atom stereocenters. The minimum Gasteiger partial charge on any atom is -0.384 e. The Balaban J connectivity index is 1.92. The molecule has 0 radical (unpaired) electrons. The van der Waals surface area contributed by atoms with Crippen LogP contribution in [0, 0.1) is 5.92 Å². The maximum atomic E-state index is 5.92. The summed E-state index contributed by atoms with van der Waals surface area (Å²) >= 11 is 0. The summed E-state index contributed by atoms with van der Waals surface area (Å²) in [5.74, 6) is 2.38. The number of rotatable bonds is 3. The SMILES string of the molecule is CC(C)Cc1cc(N)nc(C2Cc3ccccc32)n1. The van der Waals surface area contributed by atoms with Crippen LogP contribution in [0.4, 0.5) is 5.82 Å². The lowest BCUT2D eigenvalue weighted by atomic mass is 9.77. The van der Waals surface area contributed by atoms with Crippen molar-refractivity contribution < 1.29 is 0 Å². The first-order valence-electron chi connectivity index (χ1n) is 6.84. The topological polar surface area (TPSA) is 51.8 Å². The lowest BCUT2D eigenvalue weighted by Crippen LogP contribution is -2.21. The third-order valence-corrected chi connectivity index (χ3v) is 3.60. The molecule has 3 heteroatoms. The minimum atomic E-state index is 0.325. The molecule has 0 fully saturated rings. The normalized spacial score (nSPS) is 17.1. The second-order valence-corrected chi connectivity index (χ2v) is 5.70. The third kappa shape index (κ3) is 2.33. The maximum Gasteiger partial charge on any atom is 0.138 e. The molecule has 1 atom stereocenters. The predicted octanol–water partition coefficient (Wildman–Crippen LogP) is 2.95. The molecular weight excluding hydrogens is 234 g/mol. The molecule has 0 amide bonds. The van der Waals surface area contributed by atoms with E-state index in [1.54, 1.807) is 0 Å². The van der Waals surface area contributed by atoms with Crippen LogP contribution in [0.3, 0.4) is 0 Å². The molecule has 1 aromatic carbocycles. The summed E-state index contributed by atoms with van der Waals surface area (Å²) in [4.78, 5) is 9.13. The van der Waals surface area contributed by atoms with Crippen molar-refractivity contribution in [2.24, 2.45) is 5.92 Å². The summed E-state index contributed by atoms with van der Waals surface area (Å²) in [6.45, 7) is 4.38. The summed E-state index contributed by atoms with van der Waals surface area (Å²) in [6.07, 6.45) is 1.98. The summed E-state index contributed by atoms with van der Waals surface area (Å²) in [5, 5.41) is 0. The second kappa shape index (κ2) is 4.65. The van der Waals surface area contributed by atoms with E-state index in [1.807, 2.05) is 6.07 Å². The van der Waals surface area contributed by atoms with Gasteiger partial charge in [-0.25, -0.2) is 9.97 Å². The average Bonchev–Trinajstić information content (AvgIpc) is 2.29. The van der Waals surface area contributed by atoms with Crippen LogP contribution in [0.5, 0.6) is 0 Å². The Kier molecular flexibility index (Phi) is 2.97. The van der Waals surface area contributed by atoms with Gasteiger partial charge in [-0.1, -0.05) is 38.1 Å². The van der Waals surface area contributed by atoms with Crippen LogP contribution < -0.4 is 5.73 Å². The van der Waals surface area contributed by atoms with E-state index in [0.717, 1.165) is 24.4 Å². The second-order valence-electron chi connectivity index (χ2n) is 5.70. The predicted molar refractivity (Wildman–Crippen MR) is 77.0 cm³/mol. The number of anilines is 1. The number of fused-ring (bicyclic) bond motifs is 1. The molecule has 1 aliphatic rings. The Labute approximate surface area is 113 Å². The monoisotopic (exact) mass is 253 g/mol. The van der Waals surface area contributed by atoms with Crippen molar-refractivity contribution in [1.82, 2.24) is 9.97 Å². The number of nitrogens with two attached hydrogens (primary N) is 1. The summed E-state index contributed by atoms with van der Waals surface area (Å²) in [6, 6.07) is 10.4. The number of hydrogen-bond acceptors (Lipinski definition) is 3. The summed E-state index contributed by atoms with van der Waals surface area (Å²) < 4.78 is 0. The molecule has 2 aromatic rings. The number of nitrogens with zero attached hydrogens (tertiary/aromatic N) is 2. The standard InChI is InChI=1S/C16H19N3/c1-10(2)7-12-9-15(17)19-16(18-12)14-8-11-5-3-4-6-13(11)14/h3-6,9-10,14H,7-8H2,1-2H3,(H2,17,18,19). The molecule has 0 saturated carbocycles. The van der Waals surface area contributed by atoms with E-state index in [4.69, 9.17) is 10.7 Å². The van der Waals surface area contributed by atoms with Crippen LogP contribution in [-0.4, -0.2) is 9.97 Å². The summed E-state index contributed by atoms with van der Waals surface area (Å²) in [7, 11) is 0. The molecule has 0 spiro atoms. The van der Waals surface area contributed by atoms with Gasteiger partial charge in [0.25, 0.3) is 0 Å². The van der Waals surface area contributed by atoms with Crippen LogP contribution in [0.25, 0.3) is 0 Å². The van der Waals surface area contributed by atoms with E-state index in [-0.39, 0.29) is 0 Å². The molecule has 3 rings (SSSR count). The Morgan fingerprint density at radius 1 is 1.26 bits per heavy atom. The third-order valence-electron chi connectivity index (χ3n) is 3.60. The number of benzene rings is 1. The minimum absolute atomic E-state index is 0.325. The van der Waals surface area contributed by atoms with Crippen molar-refractivity contribution in [2.45, 2.75) is 32.6 Å². The quantitative estimate of drug-likeness (QED) is 0.915. The Bertz CT molecular complexity index is 605. The van der Waals surface area contributed by atoms with Gasteiger partial charge in [-0.3, -0.25) is 0 Å². The zero-order valence-corrected chi connectivity index (χ0v) is 11.4. The van der Waals surface area contributed by atoms with Gasteiger partial charge in [0, 0.05) is 17.7 Å². The van der Waals surface area contributed by atoms with Gasteiger partial charge in [-0.05, 0) is 29.9 Å². The van der Waals surface area contributed by atoms with Gasteiger partial charge in [-0.2, -0.15) is 0 Å². The van der Waals surface area contributed by atoms with Crippen LogP contribution in [0.1, 0.15) is 42.4 Å². The highest BCUT2D eigenvalue weighted by atomic mass is 15.0. The van der Waals surface area contributed by atoms with Crippen molar-refractivity contribution >= 4 is 5.82 Å². The number of nitrogen functional groups attached to an aromatic ring is 1. The first kappa shape index (κ1) is 12.2. The van der Waals surface area contributed by atoms with Crippen LogP contribution in [0.2, 0.25) is 0 Å². The van der Waals surface area contributed by atoms with Crippen LogP contribution in [0.15, 0.2) is 30.3 Å². The van der Waals surface area contributed by atoms with Gasteiger partial charge in [0.2, 0.25) is 0 Å². The van der Waals surface area contributed by atoms with E-state index in [1.165, 1.54) is 11.1 Å². The Hall–Kier alpha value is -1.90. The molecule has 98 valence electrons. The molecule has 3 nitrogen and oxygen atoms in total. The van der Waals surface area contributed by atoms with Crippen molar-refractivity contribution in [3.8, 4) is 0 Å². The highest BCUT2D eigenvalue weighted by molar-refractivity contribution is 5.45. The molecule has 1 aromatic heterocycles. The van der Waals surface area contributed by atoms with E-state index in [2.05, 4.69) is 43.1 Å². The van der Waals surface area contributed by atoms with Crippen molar-refractivity contribution in [3.05, 3.63) is 53.0 Å². The van der Waals surface area contributed by atoms with E-state index in [9.17, 15) is 0 Å². The van der Waals surface area contributed by atoms with Gasteiger partial charge < -0.3 is 5.73 Å². The van der Waals surface area contributed by atoms with Gasteiger partial charge in [0.05, 0.1) is 0 Å². The van der Waals surface area contributed by atoms with E-state index in [0.29, 0.717) is 17.7 Å². The smallest absolute Gasteiger partial charge is 0.138 e. The number of aromatic nitrogens is 2. The van der Waals surface area contributed by atoms with Crippen molar-refractivity contribution in [2.75, 3.05) is 5.73 Å². The zero-order chi connectivity index (χ0) is 13.4. The fourth-order valence-electron chi connectivity index (χ4n) is 2.71. The molecule has 0 saturated heterocycles. The van der Waals surface area contributed by atoms with Gasteiger partial charge in [0.1, 0.15) is 11.6 Å². The lowest BCUT2D eigenvalue weighted by molar-refractivity contribution is 0.613. The Morgan fingerprint density at radius 2 is 2.05 bits per heavy atom. The summed E-state index contributed by atoms with van der Waals surface area (Å²) in [5.41, 5.74) is 9.73. The Morgan fingerprint density at radius 3 is 2.79 bits per heavy atom. The molecule has 0 aliphatic heterocycles. The maximum absolute atomic E-state index is 5.92. The van der Waals surface area contributed by atoms with Crippen LogP contribution in [-0.2, 0) is 12.8 Å². The van der Waals surface area contributed by atoms with Gasteiger partial charge in [0.15, 0.2) is 0 Å². The fourth-order valence-corrected chi connectivity index (χ4v) is 2.71. The molecule has 1 heterocycles. The average molecular weight is 253 g/mol. The van der Waals surface area contributed by atoms with Crippen molar-refractivity contribution in [1.29, 1.82) is 0 Å². The molecule has 0 bridgehead atoms. The first-order chi connectivity index (χ1) is 9.13. The van der Waals surface area contributed by atoms with Crippen molar-refractivity contribution in [3.63, 3.8) is 0 Å². The largest absolute Gasteiger partial charge is 0.384 e. The van der Waals surface area contributed by atoms with Gasteiger partial charge in [-0.15, -0.1) is 0 Å². The first-order valence-corrected chi connectivity index (χ1v) is 6.84. The van der Waals surface area contributed by atoms with E-state index < -0.39 is 0 Å². The molecule has 2 N–H and O–H groups in total. The highest BCUT2D eigenvalue weighted by Gasteiger charge is 2.29. The zero-order valence-electron chi connectivity index (χ0n) is 11.4. The molecular formula is C16H19N3. The highest BCUT2D eigenvalue weighted by Crippen LogP contribution is 2.38. The lowest BCUT2D eigenvalue weighted by Gasteiger charge is -2.29. The van der Waals surface area contributed by atoms with E-state index >= 15 is 0 Å². The van der Waals surface area contributed by atoms with Crippen LogP contribution >= 0.6 is 0 Å². The number of hydrogen-bond donors (Lipinski definition) is 1. The molecule has 1 aliphatic carbocycles. The molecule has 19 heavy (non-hydrogen) atoms.